The first-order valence-electron chi connectivity index (χ1n) is 10.9. The second-order valence-electron chi connectivity index (χ2n) is 8.21. The maximum atomic E-state index is 13.3. The predicted octanol–water partition coefficient (Wildman–Crippen LogP) is 3.28. The van der Waals surface area contributed by atoms with E-state index in [0.29, 0.717) is 32.8 Å². The first kappa shape index (κ1) is 23.7. The van der Waals surface area contributed by atoms with Gasteiger partial charge in [0.2, 0.25) is 5.91 Å². The summed E-state index contributed by atoms with van der Waals surface area (Å²) in [6, 6.07) is 10.0. The lowest BCUT2D eigenvalue weighted by atomic mass is 10.0. The molecule has 1 aliphatic rings. The molecule has 0 fully saturated rings. The van der Waals surface area contributed by atoms with Gasteiger partial charge in [-0.2, -0.15) is 0 Å². The summed E-state index contributed by atoms with van der Waals surface area (Å²) in [7, 11) is 1.68. The number of amides is 1. The summed E-state index contributed by atoms with van der Waals surface area (Å²) >= 11 is 1.75. The quantitative estimate of drug-likeness (QED) is 0.537. The van der Waals surface area contributed by atoms with Crippen LogP contribution in [0, 0.1) is 6.92 Å². The Morgan fingerprint density at radius 1 is 1.32 bits per heavy atom. The number of aryl methyl sites for hydroxylation is 1. The molecule has 2 unspecified atom stereocenters. The zero-order valence-electron chi connectivity index (χ0n) is 18.8. The molecule has 0 saturated carbocycles. The number of carbonyl (C=O) groups excluding carboxylic acids is 1. The number of ether oxygens (including phenoxy) is 2. The number of aliphatic hydroxyl groups is 1. The third-order valence-electron chi connectivity index (χ3n) is 5.55. The summed E-state index contributed by atoms with van der Waals surface area (Å²) in [4.78, 5) is 18.6. The van der Waals surface area contributed by atoms with E-state index in [9.17, 15) is 9.90 Å². The third-order valence-corrected chi connectivity index (χ3v) is 6.54. The minimum atomic E-state index is -0.485. The van der Waals surface area contributed by atoms with Crippen LogP contribution in [0.3, 0.4) is 0 Å². The number of methoxy groups -OCH3 is 1. The molecule has 2 heterocycles. The number of benzene rings is 1. The largest absolute Gasteiger partial charge is 0.491 e. The normalized spacial score (nSPS) is 16.9. The molecule has 1 amide bonds. The fraction of sp³-hybridized carbons (Fsp3) is 0.542. The van der Waals surface area contributed by atoms with Crippen molar-refractivity contribution in [2.24, 2.45) is 0 Å². The topological polar surface area (TPSA) is 62.2 Å². The highest BCUT2D eigenvalue weighted by molar-refractivity contribution is 7.10. The van der Waals surface area contributed by atoms with Crippen LogP contribution in [0.25, 0.3) is 0 Å². The number of hydrogen-bond donors (Lipinski definition) is 1. The summed E-state index contributed by atoms with van der Waals surface area (Å²) in [6.07, 6.45) is 1.21. The average molecular weight is 447 g/mol. The van der Waals surface area contributed by atoms with Gasteiger partial charge in [0.25, 0.3) is 0 Å². The Morgan fingerprint density at radius 2 is 2.10 bits per heavy atom. The van der Waals surface area contributed by atoms with Gasteiger partial charge in [-0.1, -0.05) is 17.7 Å². The summed E-state index contributed by atoms with van der Waals surface area (Å²) in [5, 5.41) is 12.0. The van der Waals surface area contributed by atoms with Crippen molar-refractivity contribution >= 4 is 17.2 Å². The van der Waals surface area contributed by atoms with Gasteiger partial charge in [0.1, 0.15) is 12.4 Å². The van der Waals surface area contributed by atoms with E-state index < -0.39 is 6.10 Å². The van der Waals surface area contributed by atoms with Crippen LogP contribution in [0.5, 0.6) is 5.75 Å². The minimum absolute atomic E-state index is 0.0763. The molecule has 1 aromatic heterocycles. The smallest absolute Gasteiger partial charge is 0.237 e. The highest BCUT2D eigenvalue weighted by atomic mass is 32.1. The van der Waals surface area contributed by atoms with Crippen molar-refractivity contribution in [3.05, 3.63) is 51.7 Å². The van der Waals surface area contributed by atoms with E-state index in [-0.39, 0.29) is 18.5 Å². The van der Waals surface area contributed by atoms with Gasteiger partial charge in [-0.15, -0.1) is 11.3 Å². The van der Waals surface area contributed by atoms with Crippen LogP contribution < -0.4 is 4.74 Å². The molecule has 2 aromatic rings. The lowest BCUT2D eigenvalue weighted by Gasteiger charge is -2.37. The van der Waals surface area contributed by atoms with Crippen LogP contribution >= 0.6 is 11.3 Å². The van der Waals surface area contributed by atoms with E-state index >= 15 is 0 Å². The molecule has 2 atom stereocenters. The highest BCUT2D eigenvalue weighted by Gasteiger charge is 2.32. The molecule has 1 aromatic carbocycles. The molecule has 170 valence electrons. The van der Waals surface area contributed by atoms with Crippen molar-refractivity contribution in [1.82, 2.24) is 9.80 Å². The van der Waals surface area contributed by atoms with Gasteiger partial charge in [0.15, 0.2) is 0 Å². The van der Waals surface area contributed by atoms with Gasteiger partial charge in [0.05, 0.1) is 18.7 Å². The lowest BCUT2D eigenvalue weighted by molar-refractivity contribution is -0.136. The van der Waals surface area contributed by atoms with Gasteiger partial charge in [-0.3, -0.25) is 9.69 Å². The van der Waals surface area contributed by atoms with Crippen molar-refractivity contribution in [3.63, 3.8) is 0 Å². The molecule has 0 saturated heterocycles. The highest BCUT2D eigenvalue weighted by Crippen LogP contribution is 2.34. The van der Waals surface area contributed by atoms with Crippen molar-refractivity contribution in [1.29, 1.82) is 0 Å². The Labute approximate surface area is 189 Å². The molecule has 0 bridgehead atoms. The number of aliphatic hydroxyl groups excluding tert-OH is 1. The van der Waals surface area contributed by atoms with Crippen LogP contribution in [0.4, 0.5) is 0 Å². The van der Waals surface area contributed by atoms with Crippen LogP contribution in [-0.2, 0) is 16.0 Å². The van der Waals surface area contributed by atoms with E-state index in [1.54, 1.807) is 25.4 Å². The van der Waals surface area contributed by atoms with Crippen LogP contribution in [0.2, 0.25) is 0 Å². The fourth-order valence-corrected chi connectivity index (χ4v) is 4.94. The van der Waals surface area contributed by atoms with Gasteiger partial charge in [-0.25, -0.2) is 0 Å². The van der Waals surface area contributed by atoms with E-state index in [1.807, 2.05) is 34.1 Å². The van der Waals surface area contributed by atoms with E-state index in [4.69, 9.17) is 9.47 Å². The Morgan fingerprint density at radius 3 is 2.81 bits per heavy atom. The molecule has 1 N–H and O–H groups in total. The minimum Gasteiger partial charge on any atom is -0.491 e. The Kier molecular flexibility index (Phi) is 8.90. The summed E-state index contributed by atoms with van der Waals surface area (Å²) < 4.78 is 11.2. The van der Waals surface area contributed by atoms with Crippen LogP contribution in [-0.4, -0.2) is 73.4 Å². The number of nitrogens with zero attached hydrogens (tertiary/aromatic N) is 2. The van der Waals surface area contributed by atoms with Crippen LogP contribution in [0.15, 0.2) is 35.7 Å². The average Bonchev–Trinajstić information content (AvgIpc) is 3.22. The standard InChI is InChI=1S/C24H34N2O4S/c1-18-5-7-20(8-6-18)30-17-22-21-10-14-31-23(21)9-12-26(22)24(28)16-25(15-19(2)27)11-4-13-29-3/h5-8,10,14,19,22,27H,4,9,11-13,15-17H2,1-3H3. The molecule has 0 spiro atoms. The van der Waals surface area contributed by atoms with Gasteiger partial charge in [0, 0.05) is 38.2 Å². The first-order valence-corrected chi connectivity index (χ1v) is 11.8. The number of rotatable bonds is 11. The molecular weight excluding hydrogens is 412 g/mol. The van der Waals surface area contributed by atoms with E-state index in [0.717, 1.165) is 18.6 Å². The second-order valence-corrected chi connectivity index (χ2v) is 9.21. The summed E-state index contributed by atoms with van der Waals surface area (Å²) in [5.41, 5.74) is 2.38. The lowest BCUT2D eigenvalue weighted by Crippen LogP contribution is -2.47. The zero-order chi connectivity index (χ0) is 22.2. The number of carbonyl (C=O) groups is 1. The molecule has 6 nitrogen and oxygen atoms in total. The first-order chi connectivity index (χ1) is 15.0. The zero-order valence-corrected chi connectivity index (χ0v) is 19.6. The molecule has 3 rings (SSSR count). The van der Waals surface area contributed by atoms with Gasteiger partial charge < -0.3 is 19.5 Å². The van der Waals surface area contributed by atoms with Crippen molar-refractivity contribution < 1.29 is 19.4 Å². The Hall–Kier alpha value is -1.93. The van der Waals surface area contributed by atoms with E-state index in [2.05, 4.69) is 18.4 Å². The van der Waals surface area contributed by atoms with Crippen LogP contribution in [0.1, 0.15) is 35.4 Å². The molecule has 31 heavy (non-hydrogen) atoms. The summed E-state index contributed by atoms with van der Waals surface area (Å²) in [6.45, 7) is 7.03. The predicted molar refractivity (Wildman–Crippen MR) is 124 cm³/mol. The maximum absolute atomic E-state index is 13.3. The Balaban J connectivity index is 1.70. The molecule has 1 aliphatic heterocycles. The maximum Gasteiger partial charge on any atom is 0.237 e. The molecular formula is C24H34N2O4S. The van der Waals surface area contributed by atoms with E-state index in [1.165, 1.54) is 16.0 Å². The number of fused-ring (bicyclic) bond motifs is 1. The Bertz CT molecular complexity index is 821. The second kappa shape index (κ2) is 11.6. The van der Waals surface area contributed by atoms with Gasteiger partial charge >= 0.3 is 0 Å². The summed E-state index contributed by atoms with van der Waals surface area (Å²) in [5.74, 6) is 0.892. The third kappa shape index (κ3) is 6.77. The van der Waals surface area contributed by atoms with Gasteiger partial charge in [-0.05, 0) is 55.8 Å². The number of hydrogen-bond acceptors (Lipinski definition) is 6. The SMILES string of the molecule is COCCCN(CC(=O)N1CCc2sccc2C1COc1ccc(C)cc1)CC(C)O. The van der Waals surface area contributed by atoms with Crippen molar-refractivity contribution in [2.45, 2.75) is 38.8 Å². The molecule has 0 radical (unpaired) electrons. The molecule has 0 aliphatic carbocycles. The van der Waals surface area contributed by atoms with Crippen molar-refractivity contribution in [3.8, 4) is 5.75 Å². The van der Waals surface area contributed by atoms with Crippen molar-refractivity contribution in [2.75, 3.05) is 46.5 Å². The monoisotopic (exact) mass is 446 g/mol. The fourth-order valence-electron chi connectivity index (χ4n) is 4.01. The number of thiophene rings is 1. The molecule has 7 heteroatoms.